The summed E-state index contributed by atoms with van der Waals surface area (Å²) in [6.07, 6.45) is 3.21. The first-order chi connectivity index (χ1) is 8.40. The van der Waals surface area contributed by atoms with Crippen LogP contribution in [0.25, 0.3) is 0 Å². The highest BCUT2D eigenvalue weighted by molar-refractivity contribution is 5.19. The van der Waals surface area contributed by atoms with E-state index in [2.05, 4.69) is 11.4 Å². The first kappa shape index (κ1) is 12.3. The van der Waals surface area contributed by atoms with Gasteiger partial charge in [0, 0.05) is 6.54 Å². The number of benzene rings is 1. The van der Waals surface area contributed by atoms with E-state index in [-0.39, 0.29) is 12.6 Å². The Labute approximate surface area is 102 Å². The molecule has 2 N–H and O–H groups in total. The van der Waals surface area contributed by atoms with Gasteiger partial charge in [0.25, 0.3) is 0 Å². The SMILES string of the molecule is OC[C@@H](NCC1=CCCOC1)c1ccccc1. The van der Waals surface area contributed by atoms with Crippen LogP contribution in [0, 0.1) is 0 Å². The molecule has 3 heteroatoms. The largest absolute Gasteiger partial charge is 0.394 e. The van der Waals surface area contributed by atoms with Crippen molar-refractivity contribution in [1.29, 1.82) is 0 Å². The average Bonchev–Trinajstić information content (AvgIpc) is 2.42. The highest BCUT2D eigenvalue weighted by Gasteiger charge is 2.10. The van der Waals surface area contributed by atoms with Crippen LogP contribution in [0.3, 0.4) is 0 Å². The number of aliphatic hydroxyl groups excluding tert-OH is 1. The Hall–Kier alpha value is -1.16. The summed E-state index contributed by atoms with van der Waals surface area (Å²) in [4.78, 5) is 0. The molecule has 0 fully saturated rings. The van der Waals surface area contributed by atoms with Crippen molar-refractivity contribution in [2.75, 3.05) is 26.4 Å². The number of hydrogen-bond donors (Lipinski definition) is 2. The molecule has 0 aromatic heterocycles. The second-order valence-electron chi connectivity index (χ2n) is 4.23. The van der Waals surface area contributed by atoms with E-state index in [1.807, 2.05) is 30.3 Å². The summed E-state index contributed by atoms with van der Waals surface area (Å²) in [6, 6.07) is 10.0. The fourth-order valence-electron chi connectivity index (χ4n) is 1.96. The summed E-state index contributed by atoms with van der Waals surface area (Å²) in [7, 11) is 0. The minimum absolute atomic E-state index is 0.000901. The van der Waals surface area contributed by atoms with Crippen LogP contribution in [-0.4, -0.2) is 31.5 Å². The Morgan fingerprint density at radius 3 is 2.76 bits per heavy atom. The predicted octanol–water partition coefficient (Wildman–Crippen LogP) is 1.66. The number of rotatable bonds is 5. The van der Waals surface area contributed by atoms with Crippen LogP contribution < -0.4 is 5.32 Å². The molecule has 1 aliphatic heterocycles. The summed E-state index contributed by atoms with van der Waals surface area (Å²) in [6.45, 7) is 2.42. The molecule has 3 nitrogen and oxygen atoms in total. The molecule has 1 atom stereocenters. The smallest absolute Gasteiger partial charge is 0.0689 e. The van der Waals surface area contributed by atoms with Gasteiger partial charge in [0.05, 0.1) is 25.9 Å². The fourth-order valence-corrected chi connectivity index (χ4v) is 1.96. The average molecular weight is 233 g/mol. The summed E-state index contributed by atoms with van der Waals surface area (Å²) < 4.78 is 5.38. The lowest BCUT2D eigenvalue weighted by Gasteiger charge is -2.19. The fraction of sp³-hybridized carbons (Fsp3) is 0.429. The van der Waals surface area contributed by atoms with Gasteiger partial charge in [-0.25, -0.2) is 0 Å². The van der Waals surface area contributed by atoms with Crippen LogP contribution >= 0.6 is 0 Å². The molecule has 17 heavy (non-hydrogen) atoms. The van der Waals surface area contributed by atoms with Crippen LogP contribution in [0.4, 0.5) is 0 Å². The third kappa shape index (κ3) is 3.66. The van der Waals surface area contributed by atoms with E-state index in [1.54, 1.807) is 0 Å². The van der Waals surface area contributed by atoms with Gasteiger partial charge in [-0.3, -0.25) is 0 Å². The number of ether oxygens (including phenoxy) is 1. The zero-order chi connectivity index (χ0) is 11.9. The molecule has 1 aromatic carbocycles. The molecule has 2 rings (SSSR count). The summed E-state index contributed by atoms with van der Waals surface area (Å²) in [5.74, 6) is 0. The summed E-state index contributed by atoms with van der Waals surface area (Å²) in [5.41, 5.74) is 2.39. The molecule has 0 amide bonds. The minimum atomic E-state index is -0.000901. The lowest BCUT2D eigenvalue weighted by Crippen LogP contribution is -2.28. The molecule has 0 radical (unpaired) electrons. The van der Waals surface area contributed by atoms with Gasteiger partial charge in [-0.05, 0) is 17.6 Å². The van der Waals surface area contributed by atoms with Crippen molar-refractivity contribution in [3.63, 3.8) is 0 Å². The Morgan fingerprint density at radius 2 is 2.12 bits per heavy atom. The van der Waals surface area contributed by atoms with Crippen molar-refractivity contribution >= 4 is 0 Å². The predicted molar refractivity (Wildman–Crippen MR) is 67.8 cm³/mol. The van der Waals surface area contributed by atoms with E-state index < -0.39 is 0 Å². The van der Waals surface area contributed by atoms with Crippen LogP contribution in [0.15, 0.2) is 42.0 Å². The molecular weight excluding hydrogens is 214 g/mol. The van der Waals surface area contributed by atoms with Gasteiger partial charge in [0.15, 0.2) is 0 Å². The van der Waals surface area contributed by atoms with Crippen LogP contribution in [0.5, 0.6) is 0 Å². The maximum Gasteiger partial charge on any atom is 0.0689 e. The second-order valence-corrected chi connectivity index (χ2v) is 4.23. The molecule has 0 bridgehead atoms. The third-order valence-electron chi connectivity index (χ3n) is 2.94. The van der Waals surface area contributed by atoms with Gasteiger partial charge in [-0.2, -0.15) is 0 Å². The van der Waals surface area contributed by atoms with Crippen molar-refractivity contribution in [3.05, 3.63) is 47.5 Å². The van der Waals surface area contributed by atoms with Gasteiger partial charge in [-0.1, -0.05) is 36.4 Å². The van der Waals surface area contributed by atoms with Gasteiger partial charge in [0.2, 0.25) is 0 Å². The van der Waals surface area contributed by atoms with E-state index in [1.165, 1.54) is 5.57 Å². The highest BCUT2D eigenvalue weighted by atomic mass is 16.5. The Balaban J connectivity index is 1.90. The standard InChI is InChI=1S/C14H19NO2/c16-10-14(13-6-2-1-3-7-13)15-9-12-5-4-8-17-11-12/h1-3,5-7,14-16H,4,8-11H2/t14-/m1/s1. The zero-order valence-corrected chi connectivity index (χ0v) is 9.93. The van der Waals surface area contributed by atoms with E-state index in [0.717, 1.165) is 25.1 Å². The maximum atomic E-state index is 9.40. The summed E-state index contributed by atoms with van der Waals surface area (Å²) in [5, 5.41) is 12.8. The minimum Gasteiger partial charge on any atom is -0.394 e. The third-order valence-corrected chi connectivity index (χ3v) is 2.94. The number of nitrogens with one attached hydrogen (secondary N) is 1. The second kappa shape index (κ2) is 6.55. The van der Waals surface area contributed by atoms with Gasteiger partial charge < -0.3 is 15.2 Å². The van der Waals surface area contributed by atoms with Crippen molar-refractivity contribution in [2.24, 2.45) is 0 Å². The Bertz CT molecular complexity index is 362. The van der Waals surface area contributed by atoms with Crippen molar-refractivity contribution < 1.29 is 9.84 Å². The van der Waals surface area contributed by atoms with Gasteiger partial charge in [-0.15, -0.1) is 0 Å². The summed E-state index contributed by atoms with van der Waals surface area (Å²) >= 11 is 0. The van der Waals surface area contributed by atoms with Crippen molar-refractivity contribution in [2.45, 2.75) is 12.5 Å². The first-order valence-corrected chi connectivity index (χ1v) is 6.05. The van der Waals surface area contributed by atoms with Crippen molar-refractivity contribution in [3.8, 4) is 0 Å². The van der Waals surface area contributed by atoms with E-state index in [0.29, 0.717) is 6.61 Å². The molecule has 1 aliphatic rings. The molecular formula is C14H19NO2. The molecule has 0 saturated heterocycles. The van der Waals surface area contributed by atoms with Crippen LogP contribution in [0.1, 0.15) is 18.0 Å². The van der Waals surface area contributed by atoms with E-state index in [4.69, 9.17) is 4.74 Å². The van der Waals surface area contributed by atoms with E-state index in [9.17, 15) is 5.11 Å². The molecule has 92 valence electrons. The topological polar surface area (TPSA) is 41.5 Å². The van der Waals surface area contributed by atoms with Gasteiger partial charge >= 0.3 is 0 Å². The quantitative estimate of drug-likeness (QED) is 0.760. The molecule has 0 aliphatic carbocycles. The zero-order valence-electron chi connectivity index (χ0n) is 9.93. The van der Waals surface area contributed by atoms with E-state index >= 15 is 0 Å². The Kier molecular flexibility index (Phi) is 4.74. The maximum absolute atomic E-state index is 9.40. The lowest BCUT2D eigenvalue weighted by atomic mass is 10.1. The van der Waals surface area contributed by atoms with Crippen molar-refractivity contribution in [1.82, 2.24) is 5.32 Å². The molecule has 1 heterocycles. The Morgan fingerprint density at radius 1 is 1.29 bits per heavy atom. The molecule has 1 aromatic rings. The van der Waals surface area contributed by atoms with Crippen LogP contribution in [-0.2, 0) is 4.74 Å². The molecule has 0 unspecified atom stereocenters. The monoisotopic (exact) mass is 233 g/mol. The molecule has 0 spiro atoms. The van der Waals surface area contributed by atoms with Crippen LogP contribution in [0.2, 0.25) is 0 Å². The number of aliphatic hydroxyl groups is 1. The first-order valence-electron chi connectivity index (χ1n) is 6.05. The lowest BCUT2D eigenvalue weighted by molar-refractivity contribution is 0.147. The highest BCUT2D eigenvalue weighted by Crippen LogP contribution is 2.12. The molecule has 0 saturated carbocycles. The van der Waals surface area contributed by atoms with Gasteiger partial charge in [0.1, 0.15) is 0 Å². The normalized spacial score (nSPS) is 17.6. The number of hydrogen-bond acceptors (Lipinski definition) is 3.